The van der Waals surface area contributed by atoms with E-state index in [1.54, 1.807) is 0 Å². The van der Waals surface area contributed by atoms with Crippen LogP contribution in [0.1, 0.15) is 12.5 Å². The second-order valence-corrected chi connectivity index (χ2v) is 4.10. The molecule has 0 aliphatic rings. The number of hydrogen-bond donors (Lipinski definition) is 0. The number of halogens is 2. The minimum absolute atomic E-state index is 0.564. The summed E-state index contributed by atoms with van der Waals surface area (Å²) in [5, 5.41) is 0. The summed E-state index contributed by atoms with van der Waals surface area (Å²) in [7, 11) is 0. The molecule has 1 nitrogen and oxygen atoms in total. The van der Waals surface area contributed by atoms with Gasteiger partial charge in [-0.3, -0.25) is 0 Å². The first-order valence-corrected chi connectivity index (χ1v) is 4.95. The molecule has 0 saturated carbocycles. The van der Waals surface area contributed by atoms with Crippen molar-refractivity contribution in [3.8, 4) is 0 Å². The van der Waals surface area contributed by atoms with Gasteiger partial charge < -0.3 is 4.18 Å². The van der Waals surface area contributed by atoms with Crippen LogP contribution in [0, 0.1) is 6.92 Å². The third-order valence-corrected chi connectivity index (χ3v) is 2.19. The molecule has 0 aliphatic heterocycles. The lowest BCUT2D eigenvalue weighted by Crippen LogP contribution is -2.16. The molecule has 0 amide bonds. The maximum atomic E-state index is 12.4. The van der Waals surface area contributed by atoms with Crippen LogP contribution in [0.4, 0.5) is 8.78 Å². The fourth-order valence-electron chi connectivity index (χ4n) is 0.795. The summed E-state index contributed by atoms with van der Waals surface area (Å²) < 4.78 is 29.5. The predicted molar refractivity (Wildman–Crippen MR) is 53.6 cm³/mol. The summed E-state index contributed by atoms with van der Waals surface area (Å²) in [6, 6.07) is 7.51. The van der Waals surface area contributed by atoms with Crippen molar-refractivity contribution in [2.45, 2.75) is 24.7 Å². The molecule has 1 rings (SSSR count). The smallest absolute Gasteiger partial charge is 0.269 e. The first-order valence-electron chi connectivity index (χ1n) is 4.21. The molecule has 0 radical (unpaired) electrons. The SMILES string of the molecule is Cc1ccc(SOCC(C)(F)F)cc1. The van der Waals surface area contributed by atoms with Crippen molar-refractivity contribution >= 4 is 12.0 Å². The molecule has 0 heterocycles. The second-order valence-electron chi connectivity index (χ2n) is 3.23. The van der Waals surface area contributed by atoms with E-state index in [9.17, 15) is 8.78 Å². The molecular formula is C10H12F2OS. The Balaban J connectivity index is 2.35. The van der Waals surface area contributed by atoms with E-state index in [4.69, 9.17) is 4.18 Å². The summed E-state index contributed by atoms with van der Waals surface area (Å²) in [5.41, 5.74) is 1.13. The summed E-state index contributed by atoms with van der Waals surface area (Å²) >= 11 is 0.976. The third-order valence-electron chi connectivity index (χ3n) is 1.49. The molecule has 0 N–H and O–H groups in total. The summed E-state index contributed by atoms with van der Waals surface area (Å²) in [6.07, 6.45) is 0. The first kappa shape index (κ1) is 11.5. The van der Waals surface area contributed by atoms with Crippen LogP contribution in [-0.2, 0) is 4.18 Å². The summed E-state index contributed by atoms with van der Waals surface area (Å²) in [4.78, 5) is 0.833. The van der Waals surface area contributed by atoms with Gasteiger partial charge >= 0.3 is 0 Å². The van der Waals surface area contributed by atoms with Crippen molar-refractivity contribution in [2.75, 3.05) is 6.61 Å². The van der Waals surface area contributed by atoms with Crippen LogP contribution in [0.25, 0.3) is 0 Å². The Kier molecular flexibility index (Phi) is 3.89. The number of aryl methyl sites for hydroxylation is 1. The van der Waals surface area contributed by atoms with E-state index in [2.05, 4.69) is 0 Å². The number of benzene rings is 1. The topological polar surface area (TPSA) is 9.23 Å². The van der Waals surface area contributed by atoms with E-state index >= 15 is 0 Å². The first-order chi connectivity index (χ1) is 6.47. The normalized spacial score (nSPS) is 11.7. The van der Waals surface area contributed by atoms with Gasteiger partial charge in [0.1, 0.15) is 6.61 Å². The predicted octanol–water partition coefficient (Wildman–Crippen LogP) is 3.67. The zero-order valence-corrected chi connectivity index (χ0v) is 8.91. The average Bonchev–Trinajstić information content (AvgIpc) is 2.06. The number of hydrogen-bond acceptors (Lipinski definition) is 2. The van der Waals surface area contributed by atoms with Crippen molar-refractivity contribution < 1.29 is 13.0 Å². The molecule has 0 fully saturated rings. The maximum absolute atomic E-state index is 12.4. The molecule has 0 spiro atoms. The van der Waals surface area contributed by atoms with Crippen LogP contribution < -0.4 is 0 Å². The van der Waals surface area contributed by atoms with Crippen molar-refractivity contribution in [1.29, 1.82) is 0 Å². The van der Waals surface area contributed by atoms with Crippen molar-refractivity contribution in [2.24, 2.45) is 0 Å². The Morgan fingerprint density at radius 3 is 2.36 bits per heavy atom. The molecule has 0 unspecified atom stereocenters. The Hall–Kier alpha value is -0.610. The molecule has 0 atom stereocenters. The molecule has 0 bridgehead atoms. The largest absolute Gasteiger partial charge is 0.304 e. The van der Waals surface area contributed by atoms with Gasteiger partial charge in [0, 0.05) is 23.9 Å². The van der Waals surface area contributed by atoms with E-state index in [1.807, 2.05) is 31.2 Å². The van der Waals surface area contributed by atoms with Gasteiger partial charge in [0.15, 0.2) is 0 Å². The molecule has 1 aromatic rings. The number of alkyl halides is 2. The highest BCUT2D eigenvalue weighted by Crippen LogP contribution is 2.22. The molecule has 78 valence electrons. The van der Waals surface area contributed by atoms with Gasteiger partial charge in [-0.25, -0.2) is 8.78 Å². The molecule has 4 heteroatoms. The van der Waals surface area contributed by atoms with Crippen LogP contribution in [0.5, 0.6) is 0 Å². The average molecular weight is 218 g/mol. The van der Waals surface area contributed by atoms with Crippen molar-refractivity contribution in [1.82, 2.24) is 0 Å². The highest BCUT2D eigenvalue weighted by Gasteiger charge is 2.21. The van der Waals surface area contributed by atoms with Gasteiger partial charge in [0.2, 0.25) is 0 Å². The van der Waals surface area contributed by atoms with E-state index in [0.29, 0.717) is 0 Å². The van der Waals surface area contributed by atoms with Crippen molar-refractivity contribution in [3.63, 3.8) is 0 Å². The monoisotopic (exact) mass is 218 g/mol. The molecular weight excluding hydrogens is 206 g/mol. The molecule has 1 aromatic carbocycles. The molecule has 0 aromatic heterocycles. The lowest BCUT2D eigenvalue weighted by molar-refractivity contribution is -0.0170. The zero-order chi connectivity index (χ0) is 10.6. The van der Waals surface area contributed by atoms with Gasteiger partial charge in [-0.1, -0.05) is 17.7 Å². The lowest BCUT2D eigenvalue weighted by atomic mass is 10.2. The Morgan fingerprint density at radius 2 is 1.86 bits per heavy atom. The molecule has 14 heavy (non-hydrogen) atoms. The van der Waals surface area contributed by atoms with Gasteiger partial charge in [-0.15, -0.1) is 0 Å². The number of rotatable bonds is 4. The van der Waals surface area contributed by atoms with Gasteiger partial charge in [0.05, 0.1) is 0 Å². The van der Waals surface area contributed by atoms with Crippen LogP contribution in [0.15, 0.2) is 29.2 Å². The van der Waals surface area contributed by atoms with Gasteiger partial charge in [-0.05, 0) is 19.1 Å². The zero-order valence-electron chi connectivity index (χ0n) is 8.09. The third kappa shape index (κ3) is 4.58. The minimum atomic E-state index is -2.77. The summed E-state index contributed by atoms with van der Waals surface area (Å²) in [5.74, 6) is -2.77. The van der Waals surface area contributed by atoms with E-state index in [1.165, 1.54) is 0 Å². The molecule has 0 aliphatic carbocycles. The Morgan fingerprint density at radius 1 is 1.29 bits per heavy atom. The van der Waals surface area contributed by atoms with Crippen LogP contribution in [0.2, 0.25) is 0 Å². The van der Waals surface area contributed by atoms with Crippen molar-refractivity contribution in [3.05, 3.63) is 29.8 Å². The van der Waals surface area contributed by atoms with E-state index < -0.39 is 12.5 Å². The Bertz CT molecular complexity index is 279. The highest BCUT2D eigenvalue weighted by atomic mass is 32.2. The van der Waals surface area contributed by atoms with E-state index in [-0.39, 0.29) is 0 Å². The van der Waals surface area contributed by atoms with Crippen LogP contribution >= 0.6 is 12.0 Å². The fraction of sp³-hybridized carbons (Fsp3) is 0.400. The van der Waals surface area contributed by atoms with Gasteiger partial charge in [0.25, 0.3) is 5.92 Å². The lowest BCUT2D eigenvalue weighted by Gasteiger charge is -2.09. The maximum Gasteiger partial charge on any atom is 0.269 e. The standard InChI is InChI=1S/C10H12F2OS/c1-8-3-5-9(6-4-8)14-13-7-10(2,11)12/h3-6H,7H2,1-2H3. The summed E-state index contributed by atoms with van der Waals surface area (Å²) in [6.45, 7) is 2.24. The van der Waals surface area contributed by atoms with Crippen LogP contribution in [0.3, 0.4) is 0 Å². The van der Waals surface area contributed by atoms with E-state index in [0.717, 1.165) is 29.4 Å². The fourth-order valence-corrected chi connectivity index (χ4v) is 1.44. The minimum Gasteiger partial charge on any atom is -0.304 e. The second kappa shape index (κ2) is 4.75. The quantitative estimate of drug-likeness (QED) is 0.713. The highest BCUT2D eigenvalue weighted by molar-refractivity contribution is 7.94. The van der Waals surface area contributed by atoms with Gasteiger partial charge in [-0.2, -0.15) is 0 Å². The van der Waals surface area contributed by atoms with Crippen LogP contribution in [-0.4, -0.2) is 12.5 Å². The Labute approximate surface area is 86.7 Å². The molecule has 0 saturated heterocycles.